The highest BCUT2D eigenvalue weighted by Crippen LogP contribution is 2.45. The molecule has 0 saturated carbocycles. The summed E-state index contributed by atoms with van der Waals surface area (Å²) in [7, 11) is -3.66. The monoisotopic (exact) mass is 335 g/mol. The summed E-state index contributed by atoms with van der Waals surface area (Å²) in [4.78, 5) is 2.26. The molecule has 4 nitrogen and oxygen atoms in total. The third-order valence-electron chi connectivity index (χ3n) is 4.96. The van der Waals surface area contributed by atoms with E-state index in [-0.39, 0.29) is 6.04 Å². The second kappa shape index (κ2) is 6.65. The molecule has 1 aliphatic carbocycles. The summed E-state index contributed by atoms with van der Waals surface area (Å²) < 4.78 is 31.3. The van der Waals surface area contributed by atoms with Crippen molar-refractivity contribution < 1.29 is 12.6 Å². The van der Waals surface area contributed by atoms with Crippen molar-refractivity contribution in [2.24, 2.45) is 0 Å². The molecule has 0 N–H and O–H groups in total. The highest BCUT2D eigenvalue weighted by Gasteiger charge is 2.46. The number of allylic oxidation sites excluding steroid dienone is 1. The van der Waals surface area contributed by atoms with E-state index in [1.165, 1.54) is 5.57 Å². The van der Waals surface area contributed by atoms with Gasteiger partial charge >= 0.3 is 10.1 Å². The number of hydrogen-bond donors (Lipinski definition) is 0. The fourth-order valence-corrected chi connectivity index (χ4v) is 5.58. The van der Waals surface area contributed by atoms with Crippen LogP contribution in [0.3, 0.4) is 0 Å². The van der Waals surface area contributed by atoms with Gasteiger partial charge in [-0.25, -0.2) is 0 Å². The quantitative estimate of drug-likeness (QED) is 0.788. The summed E-state index contributed by atoms with van der Waals surface area (Å²) >= 11 is 0. The Balaban J connectivity index is 2.15. The lowest BCUT2D eigenvalue weighted by atomic mass is 9.87. The van der Waals surface area contributed by atoms with Gasteiger partial charge in [0, 0.05) is 6.42 Å². The molecule has 0 fully saturated rings. The van der Waals surface area contributed by atoms with Gasteiger partial charge in [-0.15, -0.1) is 0 Å². The van der Waals surface area contributed by atoms with Crippen LogP contribution in [0, 0.1) is 0 Å². The molecule has 1 aromatic carbocycles. The Hall–Kier alpha value is -1.33. The molecule has 1 heterocycles. The normalized spacial score (nSPS) is 26.7. The maximum Gasteiger partial charge on any atom is 0.317 e. The van der Waals surface area contributed by atoms with Crippen LogP contribution in [-0.4, -0.2) is 32.4 Å². The molecular weight excluding hydrogens is 310 g/mol. The van der Waals surface area contributed by atoms with E-state index in [4.69, 9.17) is 4.18 Å². The predicted molar refractivity (Wildman–Crippen MR) is 91.4 cm³/mol. The second-order valence-electron chi connectivity index (χ2n) is 6.23. The lowest BCUT2D eigenvalue weighted by Gasteiger charge is -2.42. The van der Waals surface area contributed by atoms with Crippen LogP contribution in [0.2, 0.25) is 0 Å². The van der Waals surface area contributed by atoms with Crippen LogP contribution in [0.15, 0.2) is 41.7 Å². The summed E-state index contributed by atoms with van der Waals surface area (Å²) in [6.07, 6.45) is 3.81. The first-order chi connectivity index (χ1) is 11.1. The van der Waals surface area contributed by atoms with E-state index in [9.17, 15) is 8.42 Å². The predicted octanol–water partition coefficient (Wildman–Crippen LogP) is 3.63. The van der Waals surface area contributed by atoms with Crippen LogP contribution in [0.25, 0.3) is 0 Å². The molecule has 1 aliphatic heterocycles. The van der Waals surface area contributed by atoms with E-state index >= 15 is 0 Å². The van der Waals surface area contributed by atoms with Crippen LogP contribution in [0.5, 0.6) is 0 Å². The molecule has 2 atom stereocenters. The maximum atomic E-state index is 12.9. The lowest BCUT2D eigenvalue weighted by molar-refractivity contribution is 0.200. The minimum Gasteiger partial charge on any atom is -0.386 e. The van der Waals surface area contributed by atoms with Crippen molar-refractivity contribution in [3.63, 3.8) is 0 Å². The second-order valence-corrected chi connectivity index (χ2v) is 7.89. The van der Waals surface area contributed by atoms with Crippen molar-refractivity contribution in [3.05, 3.63) is 47.2 Å². The zero-order chi connectivity index (χ0) is 16.4. The van der Waals surface area contributed by atoms with Gasteiger partial charge in [-0.05, 0) is 43.5 Å². The number of rotatable bonds is 4. The molecule has 1 aromatic rings. The van der Waals surface area contributed by atoms with Crippen LogP contribution < -0.4 is 0 Å². The number of hydrogen-bond acceptors (Lipinski definition) is 4. The van der Waals surface area contributed by atoms with Crippen LogP contribution in [0.4, 0.5) is 0 Å². The smallest absolute Gasteiger partial charge is 0.317 e. The molecule has 23 heavy (non-hydrogen) atoms. The minimum atomic E-state index is -3.66. The molecular formula is C18H25NO3S. The highest BCUT2D eigenvalue weighted by molar-refractivity contribution is 7.87. The Kier molecular flexibility index (Phi) is 4.78. The maximum absolute atomic E-state index is 12.9. The highest BCUT2D eigenvalue weighted by atomic mass is 32.2. The summed E-state index contributed by atoms with van der Waals surface area (Å²) in [5.41, 5.74) is 2.02. The lowest BCUT2D eigenvalue weighted by Crippen LogP contribution is -2.47. The molecule has 126 valence electrons. The number of nitrogens with zero attached hydrogens (tertiary/aromatic N) is 1. The first-order valence-corrected chi connectivity index (χ1v) is 9.99. The summed E-state index contributed by atoms with van der Waals surface area (Å²) in [6.45, 7) is 5.85. The summed E-state index contributed by atoms with van der Waals surface area (Å²) in [5, 5.41) is -0.638. The van der Waals surface area contributed by atoms with Gasteiger partial charge in [0.2, 0.25) is 0 Å². The van der Waals surface area contributed by atoms with Gasteiger partial charge < -0.3 is 4.18 Å². The van der Waals surface area contributed by atoms with Crippen molar-refractivity contribution in [3.8, 4) is 0 Å². The average molecular weight is 335 g/mol. The Bertz CT molecular complexity index is 677. The molecule has 0 radical (unpaired) electrons. The first-order valence-electron chi connectivity index (χ1n) is 8.52. The summed E-state index contributed by atoms with van der Waals surface area (Å²) in [6, 6.07) is 9.40. The van der Waals surface area contributed by atoms with Gasteiger partial charge in [0.25, 0.3) is 0 Å². The van der Waals surface area contributed by atoms with Crippen molar-refractivity contribution in [1.29, 1.82) is 0 Å². The van der Waals surface area contributed by atoms with Gasteiger partial charge in [-0.2, -0.15) is 8.42 Å². The Morgan fingerprint density at radius 3 is 2.39 bits per heavy atom. The zero-order valence-corrected chi connectivity index (χ0v) is 14.7. The molecule has 0 bridgehead atoms. The van der Waals surface area contributed by atoms with E-state index < -0.39 is 15.4 Å². The minimum absolute atomic E-state index is 0.110. The summed E-state index contributed by atoms with van der Waals surface area (Å²) in [5.74, 6) is 0.709. The third kappa shape index (κ3) is 3.04. The van der Waals surface area contributed by atoms with Crippen molar-refractivity contribution in [1.82, 2.24) is 4.90 Å². The standard InChI is InChI=1S/C18H25NO3S/c1-3-19(4-2)17-15-12-8-9-13-16(15)22-23(20,21)18(17)14-10-6-5-7-11-14/h5-7,10-11,17-18H,3-4,8-9,12-13H2,1-2H3/t17-,18-/m0/s1. The topological polar surface area (TPSA) is 46.6 Å². The molecule has 0 amide bonds. The van der Waals surface area contributed by atoms with Gasteiger partial charge in [0.1, 0.15) is 11.0 Å². The van der Waals surface area contributed by atoms with Crippen molar-refractivity contribution >= 4 is 10.1 Å². The Morgan fingerprint density at radius 2 is 1.74 bits per heavy atom. The Labute approximate surface area is 139 Å². The number of benzene rings is 1. The largest absolute Gasteiger partial charge is 0.386 e. The fourth-order valence-electron chi connectivity index (χ4n) is 3.86. The molecule has 0 aromatic heterocycles. The molecule has 3 rings (SSSR count). The SMILES string of the molecule is CCN(CC)[C@H]1C2=C(CCCC2)OS(=O)(=O)[C@H]1c1ccccc1. The van der Waals surface area contributed by atoms with E-state index in [1.807, 2.05) is 30.3 Å². The molecule has 0 saturated heterocycles. The molecule has 5 heteroatoms. The molecule has 0 spiro atoms. The van der Waals surface area contributed by atoms with E-state index in [0.29, 0.717) is 5.76 Å². The van der Waals surface area contributed by atoms with E-state index in [0.717, 1.165) is 44.3 Å². The van der Waals surface area contributed by atoms with Crippen molar-refractivity contribution in [2.75, 3.05) is 13.1 Å². The average Bonchev–Trinajstić information content (AvgIpc) is 2.55. The van der Waals surface area contributed by atoms with Gasteiger partial charge in [0.05, 0.1) is 6.04 Å². The van der Waals surface area contributed by atoms with Crippen LogP contribution >= 0.6 is 0 Å². The van der Waals surface area contributed by atoms with Crippen LogP contribution in [0.1, 0.15) is 50.3 Å². The fraction of sp³-hybridized carbons (Fsp3) is 0.556. The van der Waals surface area contributed by atoms with Crippen LogP contribution in [-0.2, 0) is 14.3 Å². The first kappa shape index (κ1) is 16.5. The van der Waals surface area contributed by atoms with E-state index in [2.05, 4.69) is 18.7 Å². The van der Waals surface area contributed by atoms with E-state index in [1.54, 1.807) is 0 Å². The number of likely N-dealkylation sites (N-methyl/N-ethyl adjacent to an activating group) is 1. The van der Waals surface area contributed by atoms with Crippen molar-refractivity contribution in [2.45, 2.75) is 50.8 Å². The molecule has 0 unspecified atom stereocenters. The van der Waals surface area contributed by atoms with Gasteiger partial charge in [-0.1, -0.05) is 44.2 Å². The Morgan fingerprint density at radius 1 is 1.09 bits per heavy atom. The van der Waals surface area contributed by atoms with Gasteiger partial charge in [-0.3, -0.25) is 4.90 Å². The van der Waals surface area contributed by atoms with Gasteiger partial charge in [0.15, 0.2) is 0 Å². The third-order valence-corrected chi connectivity index (χ3v) is 6.55. The zero-order valence-electron chi connectivity index (χ0n) is 13.9. The molecule has 2 aliphatic rings.